The van der Waals surface area contributed by atoms with E-state index in [0.717, 1.165) is 23.2 Å². The summed E-state index contributed by atoms with van der Waals surface area (Å²) in [5.41, 5.74) is 1.65. The van der Waals surface area contributed by atoms with Crippen LogP contribution < -0.4 is 5.32 Å². The van der Waals surface area contributed by atoms with Gasteiger partial charge in [0.15, 0.2) is 0 Å². The molecule has 17 heavy (non-hydrogen) atoms. The molecule has 4 heteroatoms. The topological polar surface area (TPSA) is 39.1 Å². The van der Waals surface area contributed by atoms with Crippen LogP contribution in [-0.4, -0.2) is 31.1 Å². The minimum Gasteiger partial charge on any atom is -0.384 e. The average molecular weight is 296 g/mol. The fourth-order valence-corrected chi connectivity index (χ4v) is 1.88. The second-order valence-corrected chi connectivity index (χ2v) is 5.26. The summed E-state index contributed by atoms with van der Waals surface area (Å²) in [5.74, 6) is 0. The Bertz CT molecular complexity index is 410. The molecule has 1 aromatic carbocycles. The number of nitrogens with one attached hydrogen (secondary N) is 1. The lowest BCUT2D eigenvalue weighted by atomic mass is 10.2. The predicted octanol–water partition coefficient (Wildman–Crippen LogP) is 3.07. The third-order valence-electron chi connectivity index (χ3n) is 2.70. The minimum absolute atomic E-state index is 0.550. The van der Waals surface area contributed by atoms with E-state index in [2.05, 4.69) is 53.1 Å². The van der Waals surface area contributed by atoms with Crippen LogP contribution in [0.5, 0.6) is 0 Å². The number of likely N-dealkylation sites (N-methyl/N-ethyl adjacent to an activating group) is 1. The number of rotatable bonds is 5. The van der Waals surface area contributed by atoms with Crippen molar-refractivity contribution in [2.75, 3.05) is 25.5 Å². The van der Waals surface area contributed by atoms with Crippen molar-refractivity contribution in [3.8, 4) is 6.07 Å². The van der Waals surface area contributed by atoms with Crippen molar-refractivity contribution in [1.29, 1.82) is 5.26 Å². The van der Waals surface area contributed by atoms with Gasteiger partial charge in [-0.1, -0.05) is 15.9 Å². The van der Waals surface area contributed by atoms with Crippen LogP contribution in [0.25, 0.3) is 0 Å². The van der Waals surface area contributed by atoms with Gasteiger partial charge in [0, 0.05) is 29.3 Å². The number of nitrogens with zero attached hydrogens (tertiary/aromatic N) is 2. The van der Waals surface area contributed by atoms with E-state index in [4.69, 9.17) is 5.26 Å². The van der Waals surface area contributed by atoms with Crippen molar-refractivity contribution in [2.45, 2.75) is 19.9 Å². The molecular formula is C13H18BrN3. The van der Waals surface area contributed by atoms with Gasteiger partial charge >= 0.3 is 0 Å². The van der Waals surface area contributed by atoms with Crippen molar-refractivity contribution in [3.63, 3.8) is 0 Å². The van der Waals surface area contributed by atoms with E-state index in [-0.39, 0.29) is 0 Å². The summed E-state index contributed by atoms with van der Waals surface area (Å²) in [5, 5.41) is 12.2. The Morgan fingerprint density at radius 2 is 2.12 bits per heavy atom. The van der Waals surface area contributed by atoms with Crippen LogP contribution in [0.3, 0.4) is 0 Å². The van der Waals surface area contributed by atoms with Gasteiger partial charge in [-0.3, -0.25) is 0 Å². The largest absolute Gasteiger partial charge is 0.384 e. The molecule has 0 aliphatic rings. The number of nitriles is 1. The first kappa shape index (κ1) is 14.0. The van der Waals surface area contributed by atoms with Crippen molar-refractivity contribution in [2.24, 2.45) is 0 Å². The van der Waals surface area contributed by atoms with Gasteiger partial charge in [-0.15, -0.1) is 0 Å². The molecule has 1 N–H and O–H groups in total. The summed E-state index contributed by atoms with van der Waals surface area (Å²) in [6, 6.07) is 8.35. The zero-order valence-corrected chi connectivity index (χ0v) is 12.1. The van der Waals surface area contributed by atoms with Crippen molar-refractivity contribution in [3.05, 3.63) is 28.2 Å². The molecule has 3 nitrogen and oxygen atoms in total. The highest BCUT2D eigenvalue weighted by Gasteiger charge is 2.03. The fourth-order valence-electron chi connectivity index (χ4n) is 1.39. The second kappa shape index (κ2) is 6.63. The van der Waals surface area contributed by atoms with Gasteiger partial charge in [0.1, 0.15) is 0 Å². The lowest BCUT2D eigenvalue weighted by molar-refractivity contribution is 0.284. The molecule has 0 saturated heterocycles. The van der Waals surface area contributed by atoms with Gasteiger partial charge < -0.3 is 10.2 Å². The van der Waals surface area contributed by atoms with Gasteiger partial charge in [0.25, 0.3) is 0 Å². The molecule has 0 aliphatic heterocycles. The molecular weight excluding hydrogens is 278 g/mol. The number of hydrogen-bond acceptors (Lipinski definition) is 3. The Kier molecular flexibility index (Phi) is 5.46. The highest BCUT2D eigenvalue weighted by atomic mass is 79.9. The molecule has 0 fully saturated rings. The number of benzene rings is 1. The number of hydrogen-bond donors (Lipinski definition) is 1. The Balaban J connectivity index is 2.52. The summed E-state index contributed by atoms with van der Waals surface area (Å²) in [6.45, 7) is 6.20. The first-order valence-corrected chi connectivity index (χ1v) is 6.47. The van der Waals surface area contributed by atoms with Crippen molar-refractivity contribution in [1.82, 2.24) is 4.90 Å². The van der Waals surface area contributed by atoms with Gasteiger partial charge in [-0.05, 0) is 39.1 Å². The number of anilines is 1. The van der Waals surface area contributed by atoms with E-state index in [1.165, 1.54) is 0 Å². The second-order valence-electron chi connectivity index (χ2n) is 4.34. The molecule has 0 spiro atoms. The van der Waals surface area contributed by atoms with Gasteiger partial charge in [0.05, 0.1) is 11.6 Å². The Morgan fingerprint density at radius 1 is 1.41 bits per heavy atom. The zero-order chi connectivity index (χ0) is 12.8. The van der Waals surface area contributed by atoms with Crippen LogP contribution in [0.15, 0.2) is 22.7 Å². The summed E-state index contributed by atoms with van der Waals surface area (Å²) < 4.78 is 0.927. The lowest BCUT2D eigenvalue weighted by Crippen LogP contribution is -2.31. The smallest absolute Gasteiger partial charge is 0.0992 e. The normalized spacial score (nSPS) is 10.6. The molecule has 0 heterocycles. The van der Waals surface area contributed by atoms with Gasteiger partial charge in [-0.2, -0.15) is 5.26 Å². The monoisotopic (exact) mass is 295 g/mol. The van der Waals surface area contributed by atoms with Crippen molar-refractivity contribution < 1.29 is 0 Å². The maximum atomic E-state index is 8.87. The molecule has 0 unspecified atom stereocenters. The summed E-state index contributed by atoms with van der Waals surface area (Å²) in [4.78, 5) is 2.27. The molecule has 0 bridgehead atoms. The summed E-state index contributed by atoms with van der Waals surface area (Å²) in [6.07, 6.45) is 0. The Hall–Kier alpha value is -1.05. The van der Waals surface area contributed by atoms with E-state index in [0.29, 0.717) is 11.6 Å². The van der Waals surface area contributed by atoms with Gasteiger partial charge in [-0.25, -0.2) is 0 Å². The minimum atomic E-state index is 0.550. The van der Waals surface area contributed by atoms with Gasteiger partial charge in [0.2, 0.25) is 0 Å². The lowest BCUT2D eigenvalue weighted by Gasteiger charge is -2.21. The number of halogens is 1. The predicted molar refractivity (Wildman–Crippen MR) is 75.1 cm³/mol. The molecule has 1 rings (SSSR count). The molecule has 0 saturated carbocycles. The van der Waals surface area contributed by atoms with E-state index in [9.17, 15) is 0 Å². The standard InChI is InChI=1S/C13H18BrN3/c1-10(2)17(3)5-4-16-13-7-11(9-15)6-12(14)8-13/h6-8,10,16H,4-5H2,1-3H3. The zero-order valence-electron chi connectivity index (χ0n) is 10.5. The van der Waals surface area contributed by atoms with E-state index < -0.39 is 0 Å². The molecule has 0 atom stereocenters. The third kappa shape index (κ3) is 4.76. The Morgan fingerprint density at radius 3 is 2.71 bits per heavy atom. The van der Waals surface area contributed by atoms with E-state index in [1.807, 2.05) is 18.2 Å². The SMILES string of the molecule is CC(C)N(C)CCNc1cc(Br)cc(C#N)c1. The molecule has 1 aromatic rings. The van der Waals surface area contributed by atoms with Crippen LogP contribution >= 0.6 is 15.9 Å². The summed E-state index contributed by atoms with van der Waals surface area (Å²) >= 11 is 3.40. The van der Waals surface area contributed by atoms with Crippen molar-refractivity contribution >= 4 is 21.6 Å². The molecule has 0 aliphatic carbocycles. The molecule has 0 aromatic heterocycles. The van der Waals surface area contributed by atoms with Crippen LogP contribution in [0, 0.1) is 11.3 Å². The molecule has 0 amide bonds. The highest BCUT2D eigenvalue weighted by molar-refractivity contribution is 9.10. The van der Waals surface area contributed by atoms with E-state index >= 15 is 0 Å². The van der Waals surface area contributed by atoms with E-state index in [1.54, 1.807) is 0 Å². The van der Waals surface area contributed by atoms with Crippen LogP contribution in [0.4, 0.5) is 5.69 Å². The average Bonchev–Trinajstić information content (AvgIpc) is 2.27. The molecule has 92 valence electrons. The maximum Gasteiger partial charge on any atom is 0.0992 e. The Labute approximate surface area is 112 Å². The quantitative estimate of drug-likeness (QED) is 0.907. The highest BCUT2D eigenvalue weighted by Crippen LogP contribution is 2.18. The van der Waals surface area contributed by atoms with Crippen LogP contribution in [0.1, 0.15) is 19.4 Å². The molecule has 0 radical (unpaired) electrons. The first-order chi connectivity index (χ1) is 8.02. The maximum absolute atomic E-state index is 8.87. The van der Waals surface area contributed by atoms with Crippen LogP contribution in [-0.2, 0) is 0 Å². The first-order valence-electron chi connectivity index (χ1n) is 5.67. The fraction of sp³-hybridized carbons (Fsp3) is 0.462. The van der Waals surface area contributed by atoms with Crippen LogP contribution in [0.2, 0.25) is 0 Å². The third-order valence-corrected chi connectivity index (χ3v) is 3.16. The summed E-state index contributed by atoms with van der Waals surface area (Å²) in [7, 11) is 2.11.